The molecule has 3 heterocycles. The van der Waals surface area contributed by atoms with E-state index >= 15 is 0 Å². The number of anilines is 4. The summed E-state index contributed by atoms with van der Waals surface area (Å²) in [4.78, 5) is 93.5. The van der Waals surface area contributed by atoms with Crippen molar-refractivity contribution in [3.8, 4) is 28.3 Å². The first-order valence-corrected chi connectivity index (χ1v) is 22.8. The lowest BCUT2D eigenvalue weighted by Gasteiger charge is -2.19. The number of methoxy groups -OCH3 is 1. The van der Waals surface area contributed by atoms with Crippen molar-refractivity contribution >= 4 is 69.9 Å². The molecular formula is C48H53N13O12. The number of H-pyrrole nitrogens is 1. The summed E-state index contributed by atoms with van der Waals surface area (Å²) in [5, 5.41) is 27.5. The molecule has 0 unspecified atom stereocenters. The number of rotatable bonds is 26. The Morgan fingerprint density at radius 2 is 1.51 bits per heavy atom. The highest BCUT2D eigenvalue weighted by atomic mass is 16.5. The zero-order valence-electron chi connectivity index (χ0n) is 39.8. The number of aliphatic carboxylic acids is 1. The Morgan fingerprint density at radius 1 is 0.822 bits per heavy atom. The van der Waals surface area contributed by atoms with Gasteiger partial charge in [-0.1, -0.05) is 12.1 Å². The number of hydrogen-bond acceptors (Lipinski definition) is 19. The van der Waals surface area contributed by atoms with Gasteiger partial charge < -0.3 is 61.1 Å². The molecule has 25 heteroatoms. The van der Waals surface area contributed by atoms with Crippen LogP contribution >= 0.6 is 0 Å². The number of nitrogen functional groups attached to an aromatic ring is 2. The van der Waals surface area contributed by atoms with E-state index in [1.165, 1.54) is 7.11 Å². The van der Waals surface area contributed by atoms with Gasteiger partial charge in [0.05, 0.1) is 87.7 Å². The minimum Gasteiger partial charge on any atom is -0.484 e. The molecule has 0 saturated heterocycles. The molecule has 6 aromatic rings. The number of carbonyl (C=O) groups excluding carboxylic acids is 5. The second kappa shape index (κ2) is 24.8. The lowest BCUT2D eigenvalue weighted by Crippen LogP contribution is -2.41. The summed E-state index contributed by atoms with van der Waals surface area (Å²) in [6.07, 6.45) is 0.596. The Labute approximate surface area is 416 Å². The van der Waals surface area contributed by atoms with Crippen LogP contribution < -0.4 is 42.4 Å². The number of aromatic amines is 1. The molecule has 3 aromatic carbocycles. The van der Waals surface area contributed by atoms with Crippen molar-refractivity contribution in [3.63, 3.8) is 0 Å². The van der Waals surface area contributed by atoms with Crippen molar-refractivity contribution < 1.29 is 57.6 Å². The van der Waals surface area contributed by atoms with Gasteiger partial charge in [0.2, 0.25) is 11.9 Å². The third kappa shape index (κ3) is 13.7. The van der Waals surface area contributed by atoms with E-state index in [9.17, 15) is 33.9 Å². The van der Waals surface area contributed by atoms with Gasteiger partial charge in [-0.05, 0) is 61.0 Å². The van der Waals surface area contributed by atoms with Crippen LogP contribution in [0, 0.1) is 0 Å². The van der Waals surface area contributed by atoms with Gasteiger partial charge in [0, 0.05) is 48.9 Å². The van der Waals surface area contributed by atoms with Gasteiger partial charge in [0.1, 0.15) is 17.5 Å². The number of fused-ring (bicyclic) bond motifs is 4. The fraction of sp³-hybridized carbons (Fsp3) is 0.312. The average Bonchev–Trinajstić information content (AvgIpc) is 3.95. The molecule has 0 saturated carbocycles. The summed E-state index contributed by atoms with van der Waals surface area (Å²) < 4.78 is 26.8. The number of carboxylic acids is 1. The zero-order chi connectivity index (χ0) is 51.9. The van der Waals surface area contributed by atoms with Gasteiger partial charge >= 0.3 is 12.1 Å². The average molecular weight is 1000 g/mol. The van der Waals surface area contributed by atoms with Crippen LogP contribution in [-0.4, -0.2) is 150 Å². The standard InChI is InChI=1S/C48H53N13O12/c1-61(25-29-24-53-44-41(54-29)43(49)57-47(50)58-44)30-10-6-28(7-11-30)45(65)55-34(46(66)67)14-15-35(62)51-16-18-70-20-22-72-23-21-71-19-17-52-36(63)26-73-31-12-8-27(9-13-31)39-38-40(60-59-39)32-4-3-5-33(37(32)42(38)64)56-48(68)69-2/h3-13,24,34H,14-23,25-26H2,1-2H3,(H,51,62)(H,52,63)(H,55,65)(H,56,68)(H,59,60)(H,66,67)(H4,49,50,53,57,58)/t34-/m0/s1. The van der Waals surface area contributed by atoms with Crippen LogP contribution in [0.4, 0.5) is 27.9 Å². The van der Waals surface area contributed by atoms with Crippen LogP contribution in [0.2, 0.25) is 0 Å². The fourth-order valence-electron chi connectivity index (χ4n) is 7.46. The highest BCUT2D eigenvalue weighted by molar-refractivity contribution is 6.26. The molecule has 1 aliphatic carbocycles. The number of nitrogens with two attached hydrogens (primary N) is 2. The van der Waals surface area contributed by atoms with Crippen LogP contribution in [0.15, 0.2) is 72.9 Å². The smallest absolute Gasteiger partial charge is 0.411 e. The number of hydrogen-bond donors (Lipinski definition) is 8. The Hall–Kier alpha value is -8.81. The largest absolute Gasteiger partial charge is 0.484 e. The van der Waals surface area contributed by atoms with E-state index in [1.807, 2.05) is 11.9 Å². The predicted octanol–water partition coefficient (Wildman–Crippen LogP) is 2.32. The highest BCUT2D eigenvalue weighted by Gasteiger charge is 2.35. The molecule has 0 fully saturated rings. The number of carbonyl (C=O) groups is 6. The predicted molar refractivity (Wildman–Crippen MR) is 264 cm³/mol. The SMILES string of the molecule is COC(=O)Nc1cccc2c1C(=O)c1c(-c3ccc(OCC(=O)NCCOCCOCCOCCNC(=O)CC[C@H](NC(=O)c4ccc(N(C)Cc5cnc6nc(N)nc(N)c6n5)cc4)C(=O)O)cc3)n[nH]c1-2. The number of aromatic nitrogens is 6. The van der Waals surface area contributed by atoms with Crippen LogP contribution in [0.1, 0.15) is 44.8 Å². The molecule has 0 aliphatic heterocycles. The van der Waals surface area contributed by atoms with Gasteiger partial charge in [-0.3, -0.25) is 29.6 Å². The van der Waals surface area contributed by atoms with Crippen LogP contribution in [0.3, 0.4) is 0 Å². The molecule has 0 radical (unpaired) electrons. The third-order valence-electron chi connectivity index (χ3n) is 11.1. The van der Waals surface area contributed by atoms with Gasteiger partial charge in [0.25, 0.3) is 11.8 Å². The molecule has 25 nitrogen and oxygen atoms in total. The van der Waals surface area contributed by atoms with E-state index in [4.69, 9.17) is 30.4 Å². The minimum absolute atomic E-state index is 0.000396. The fourth-order valence-corrected chi connectivity index (χ4v) is 7.46. The van der Waals surface area contributed by atoms with Crippen molar-refractivity contribution in [2.75, 3.05) is 95.2 Å². The normalized spacial score (nSPS) is 11.8. The monoisotopic (exact) mass is 1000 g/mol. The van der Waals surface area contributed by atoms with Crippen LogP contribution in [0.25, 0.3) is 33.7 Å². The molecular weight excluding hydrogens is 951 g/mol. The van der Waals surface area contributed by atoms with Gasteiger partial charge in [-0.2, -0.15) is 15.1 Å². The zero-order valence-corrected chi connectivity index (χ0v) is 39.8. The molecule has 0 spiro atoms. The Balaban J connectivity index is 0.689. The number of ether oxygens (including phenoxy) is 5. The Morgan fingerprint density at radius 3 is 2.19 bits per heavy atom. The van der Waals surface area contributed by atoms with E-state index in [-0.39, 0.29) is 100 Å². The molecule has 3 aromatic heterocycles. The summed E-state index contributed by atoms with van der Waals surface area (Å²) >= 11 is 0. The van der Waals surface area contributed by atoms with Crippen molar-refractivity contribution in [2.24, 2.45) is 0 Å². The second-order valence-corrected chi connectivity index (χ2v) is 16.2. The molecule has 73 heavy (non-hydrogen) atoms. The summed E-state index contributed by atoms with van der Waals surface area (Å²) in [6, 6.07) is 17.1. The topological polar surface area (TPSA) is 352 Å². The Kier molecular flexibility index (Phi) is 17.7. The summed E-state index contributed by atoms with van der Waals surface area (Å²) in [6.45, 7) is 2.13. The second-order valence-electron chi connectivity index (χ2n) is 16.2. The first kappa shape index (κ1) is 52.0. The van der Waals surface area contributed by atoms with E-state index in [0.29, 0.717) is 69.4 Å². The summed E-state index contributed by atoms with van der Waals surface area (Å²) in [5.41, 5.74) is 17.0. The minimum atomic E-state index is -1.30. The molecule has 4 amide bonds. The number of carboxylic acid groups (broad SMARTS) is 1. The summed E-state index contributed by atoms with van der Waals surface area (Å²) in [5.74, 6) is -2.36. The number of ketones is 1. The first-order valence-electron chi connectivity index (χ1n) is 22.8. The van der Waals surface area contributed by atoms with E-state index in [2.05, 4.69) is 56.1 Å². The van der Waals surface area contributed by atoms with Crippen molar-refractivity contribution in [2.45, 2.75) is 25.4 Å². The van der Waals surface area contributed by atoms with Crippen LogP contribution in [-0.2, 0) is 39.9 Å². The number of amides is 4. The van der Waals surface area contributed by atoms with E-state index in [0.717, 1.165) is 5.69 Å². The van der Waals surface area contributed by atoms with Gasteiger partial charge in [-0.25, -0.2) is 19.6 Å². The van der Waals surface area contributed by atoms with E-state index < -0.39 is 29.9 Å². The Bertz CT molecular complexity index is 2950. The quantitative estimate of drug-likeness (QED) is 0.0361. The number of benzene rings is 3. The molecule has 10 N–H and O–H groups in total. The van der Waals surface area contributed by atoms with E-state index in [1.54, 1.807) is 72.9 Å². The summed E-state index contributed by atoms with van der Waals surface area (Å²) in [7, 11) is 3.06. The van der Waals surface area contributed by atoms with Crippen LogP contribution in [0.5, 0.6) is 5.75 Å². The maximum atomic E-state index is 13.5. The van der Waals surface area contributed by atoms with Crippen molar-refractivity contribution in [1.82, 2.24) is 46.1 Å². The lowest BCUT2D eigenvalue weighted by molar-refractivity contribution is -0.139. The maximum absolute atomic E-state index is 13.5. The van der Waals surface area contributed by atoms with Crippen molar-refractivity contribution in [3.05, 3.63) is 95.3 Å². The molecule has 1 atom stereocenters. The van der Waals surface area contributed by atoms with Gasteiger partial charge in [-0.15, -0.1) is 0 Å². The molecule has 7 rings (SSSR count). The maximum Gasteiger partial charge on any atom is 0.411 e. The first-order chi connectivity index (χ1) is 35.3. The van der Waals surface area contributed by atoms with Crippen molar-refractivity contribution in [1.29, 1.82) is 0 Å². The lowest BCUT2D eigenvalue weighted by atomic mass is 10.0. The van der Waals surface area contributed by atoms with Gasteiger partial charge in [0.15, 0.2) is 29.4 Å². The molecule has 1 aliphatic rings. The number of nitrogens with one attached hydrogen (secondary N) is 5. The number of nitrogens with zero attached hydrogens (tertiary/aromatic N) is 6. The molecule has 382 valence electrons. The third-order valence-corrected chi connectivity index (χ3v) is 11.1. The highest BCUT2D eigenvalue weighted by Crippen LogP contribution is 2.43. The molecule has 0 bridgehead atoms.